The van der Waals surface area contributed by atoms with Crippen LogP contribution in [0.4, 0.5) is 0 Å². The first-order valence-corrected chi connectivity index (χ1v) is 10.5. The van der Waals surface area contributed by atoms with Gasteiger partial charge in [0.1, 0.15) is 5.76 Å². The number of imidazole rings is 1. The Morgan fingerprint density at radius 2 is 1.57 bits per heavy atom. The molecule has 2 aromatic carbocycles. The summed E-state index contributed by atoms with van der Waals surface area (Å²) in [4.78, 5) is 8.29. The zero-order valence-corrected chi connectivity index (χ0v) is 17.0. The summed E-state index contributed by atoms with van der Waals surface area (Å²) in [5, 5.41) is 8.99. The predicted molar refractivity (Wildman–Crippen MR) is 116 cm³/mol. The fourth-order valence-electron chi connectivity index (χ4n) is 3.13. The molecule has 0 aliphatic carbocycles. The van der Waals surface area contributed by atoms with Crippen LogP contribution >= 0.6 is 11.8 Å². The van der Waals surface area contributed by atoms with E-state index in [0.717, 1.165) is 33.4 Å². The Morgan fingerprint density at radius 1 is 0.833 bits per heavy atom. The van der Waals surface area contributed by atoms with E-state index in [2.05, 4.69) is 39.4 Å². The Kier molecular flexibility index (Phi) is 4.94. The minimum Gasteiger partial charge on any atom is -0.456 e. The SMILES string of the molecule is Cc1ccc(-c2nnc(CSc3nc(-c4ccccc4)c(-c4ccccc4)[nH]3)o2)o1. The number of aromatic nitrogens is 4. The fourth-order valence-corrected chi connectivity index (χ4v) is 3.84. The van der Waals surface area contributed by atoms with Gasteiger partial charge in [-0.1, -0.05) is 72.4 Å². The zero-order chi connectivity index (χ0) is 20.3. The highest BCUT2D eigenvalue weighted by Gasteiger charge is 2.16. The Balaban J connectivity index is 1.40. The van der Waals surface area contributed by atoms with E-state index in [9.17, 15) is 0 Å². The van der Waals surface area contributed by atoms with Crippen LogP contribution in [0.2, 0.25) is 0 Å². The Hall–Kier alpha value is -3.58. The summed E-state index contributed by atoms with van der Waals surface area (Å²) in [6.45, 7) is 1.88. The van der Waals surface area contributed by atoms with Crippen molar-refractivity contribution >= 4 is 11.8 Å². The van der Waals surface area contributed by atoms with Crippen LogP contribution in [0.1, 0.15) is 11.7 Å². The minimum absolute atomic E-state index is 0.382. The van der Waals surface area contributed by atoms with Crippen molar-refractivity contribution in [3.8, 4) is 34.2 Å². The van der Waals surface area contributed by atoms with Gasteiger partial charge in [-0.15, -0.1) is 10.2 Å². The number of furan rings is 1. The lowest BCUT2D eigenvalue weighted by Gasteiger charge is -2.02. The van der Waals surface area contributed by atoms with Crippen LogP contribution in [0.5, 0.6) is 0 Å². The van der Waals surface area contributed by atoms with Crippen LogP contribution in [-0.4, -0.2) is 20.2 Å². The summed E-state index contributed by atoms with van der Waals surface area (Å²) < 4.78 is 11.3. The van der Waals surface area contributed by atoms with Crippen LogP contribution in [-0.2, 0) is 5.75 Å². The van der Waals surface area contributed by atoms with Crippen molar-refractivity contribution in [2.75, 3.05) is 0 Å². The normalized spacial score (nSPS) is 11.1. The molecule has 30 heavy (non-hydrogen) atoms. The largest absolute Gasteiger partial charge is 0.456 e. The minimum atomic E-state index is 0.382. The molecule has 148 valence electrons. The molecular formula is C23H18N4O2S. The first-order valence-electron chi connectivity index (χ1n) is 9.49. The van der Waals surface area contributed by atoms with Crippen molar-refractivity contribution in [1.29, 1.82) is 0 Å². The molecule has 0 amide bonds. The van der Waals surface area contributed by atoms with Crippen LogP contribution in [0.15, 0.2) is 86.8 Å². The Bertz CT molecular complexity index is 1200. The Labute approximate surface area is 177 Å². The van der Waals surface area contributed by atoms with Gasteiger partial charge in [-0.25, -0.2) is 4.98 Å². The summed E-state index contributed by atoms with van der Waals surface area (Å²) in [5.74, 6) is 2.78. The van der Waals surface area contributed by atoms with E-state index in [0.29, 0.717) is 23.3 Å². The van der Waals surface area contributed by atoms with E-state index < -0.39 is 0 Å². The van der Waals surface area contributed by atoms with Gasteiger partial charge >= 0.3 is 0 Å². The molecule has 0 aliphatic heterocycles. The Morgan fingerprint density at radius 3 is 2.27 bits per heavy atom. The van der Waals surface area contributed by atoms with Crippen molar-refractivity contribution < 1.29 is 8.83 Å². The van der Waals surface area contributed by atoms with Gasteiger partial charge in [0.15, 0.2) is 10.9 Å². The molecule has 6 nitrogen and oxygen atoms in total. The van der Waals surface area contributed by atoms with E-state index in [1.807, 2.05) is 55.5 Å². The van der Waals surface area contributed by atoms with Gasteiger partial charge in [-0.05, 0) is 19.1 Å². The number of aromatic amines is 1. The van der Waals surface area contributed by atoms with E-state index in [1.54, 1.807) is 0 Å². The highest BCUT2D eigenvalue weighted by molar-refractivity contribution is 7.98. The maximum atomic E-state index is 5.73. The third-order valence-corrected chi connectivity index (χ3v) is 5.40. The fraction of sp³-hybridized carbons (Fsp3) is 0.0870. The molecule has 0 spiro atoms. The van der Waals surface area contributed by atoms with Gasteiger partial charge in [0.25, 0.3) is 5.89 Å². The number of rotatable bonds is 6. The lowest BCUT2D eigenvalue weighted by molar-refractivity contribution is 0.484. The van der Waals surface area contributed by atoms with Gasteiger partial charge < -0.3 is 13.8 Å². The molecule has 0 fully saturated rings. The maximum absolute atomic E-state index is 5.73. The molecule has 3 aromatic heterocycles. The van der Waals surface area contributed by atoms with Crippen LogP contribution in [0.25, 0.3) is 34.2 Å². The third kappa shape index (κ3) is 3.79. The van der Waals surface area contributed by atoms with Crippen LogP contribution in [0, 0.1) is 6.92 Å². The summed E-state index contributed by atoms with van der Waals surface area (Å²) in [5.41, 5.74) is 4.06. The molecule has 0 unspecified atom stereocenters. The van der Waals surface area contributed by atoms with E-state index in [1.165, 1.54) is 11.8 Å². The van der Waals surface area contributed by atoms with Crippen LogP contribution in [0.3, 0.4) is 0 Å². The van der Waals surface area contributed by atoms with Gasteiger partial charge in [0, 0.05) is 11.1 Å². The molecule has 3 heterocycles. The molecule has 0 saturated heterocycles. The second-order valence-electron chi connectivity index (χ2n) is 6.70. The summed E-state index contributed by atoms with van der Waals surface area (Å²) >= 11 is 1.52. The van der Waals surface area contributed by atoms with Crippen molar-refractivity contribution in [1.82, 2.24) is 20.2 Å². The molecule has 5 rings (SSSR count). The second kappa shape index (κ2) is 8.04. The summed E-state index contributed by atoms with van der Waals surface area (Å²) in [7, 11) is 0. The van der Waals surface area contributed by atoms with Crippen molar-refractivity contribution in [3.63, 3.8) is 0 Å². The highest BCUT2D eigenvalue weighted by Crippen LogP contribution is 2.33. The van der Waals surface area contributed by atoms with Gasteiger partial charge in [0.05, 0.1) is 17.1 Å². The van der Waals surface area contributed by atoms with Gasteiger partial charge in [-0.2, -0.15) is 0 Å². The molecule has 7 heteroatoms. The predicted octanol–water partition coefficient (Wildman–Crippen LogP) is 5.99. The number of hydrogen-bond acceptors (Lipinski definition) is 6. The molecule has 0 saturated carbocycles. The smallest absolute Gasteiger partial charge is 0.283 e. The molecular weight excluding hydrogens is 396 g/mol. The van der Waals surface area contributed by atoms with E-state index >= 15 is 0 Å². The number of thioether (sulfide) groups is 1. The topological polar surface area (TPSA) is 80.7 Å². The van der Waals surface area contributed by atoms with E-state index in [-0.39, 0.29) is 0 Å². The molecule has 0 aliphatic rings. The monoisotopic (exact) mass is 414 g/mol. The standard InChI is InChI=1S/C23H18N4O2S/c1-15-12-13-18(28-15)22-27-26-19(29-22)14-30-23-24-20(16-8-4-2-5-9-16)21(25-23)17-10-6-3-7-11-17/h2-13H,14H2,1H3,(H,24,25). The number of H-pyrrole nitrogens is 1. The molecule has 0 bridgehead atoms. The lowest BCUT2D eigenvalue weighted by atomic mass is 10.1. The molecule has 0 atom stereocenters. The van der Waals surface area contributed by atoms with Crippen molar-refractivity contribution in [2.45, 2.75) is 17.8 Å². The van der Waals surface area contributed by atoms with E-state index in [4.69, 9.17) is 13.8 Å². The van der Waals surface area contributed by atoms with Crippen molar-refractivity contribution in [3.05, 3.63) is 84.4 Å². The average molecular weight is 414 g/mol. The first kappa shape index (κ1) is 18.4. The average Bonchev–Trinajstić information content (AvgIpc) is 3.53. The van der Waals surface area contributed by atoms with Gasteiger partial charge in [-0.3, -0.25) is 0 Å². The molecule has 1 N–H and O–H groups in total. The molecule has 5 aromatic rings. The number of hydrogen-bond donors (Lipinski definition) is 1. The second-order valence-corrected chi connectivity index (χ2v) is 7.66. The zero-order valence-electron chi connectivity index (χ0n) is 16.2. The number of nitrogens with zero attached hydrogens (tertiary/aromatic N) is 3. The first-order chi connectivity index (χ1) is 14.8. The summed E-state index contributed by atoms with van der Waals surface area (Å²) in [6.07, 6.45) is 0. The number of nitrogens with one attached hydrogen (secondary N) is 1. The summed E-state index contributed by atoms with van der Waals surface area (Å²) in [6, 6.07) is 24.0. The van der Waals surface area contributed by atoms with Gasteiger partial charge in [0.2, 0.25) is 5.89 Å². The third-order valence-electron chi connectivity index (χ3n) is 4.54. The quantitative estimate of drug-likeness (QED) is 0.344. The maximum Gasteiger partial charge on any atom is 0.283 e. The number of aryl methyl sites for hydroxylation is 1. The van der Waals surface area contributed by atoms with Crippen LogP contribution < -0.4 is 0 Å². The highest BCUT2D eigenvalue weighted by atomic mass is 32.2. The number of benzene rings is 2. The van der Waals surface area contributed by atoms with Crippen molar-refractivity contribution in [2.24, 2.45) is 0 Å². The lowest BCUT2D eigenvalue weighted by Crippen LogP contribution is -1.82. The molecule has 0 radical (unpaired) electrons.